The molecule has 0 aromatic carbocycles. The Hall–Kier alpha value is -0.0500. The van der Waals surface area contributed by atoms with E-state index in [1.54, 1.807) is 0 Å². The van der Waals surface area contributed by atoms with Gasteiger partial charge in [-0.3, -0.25) is 0 Å². The smallest absolute Gasteiger partial charge is 0.0480 e. The number of hydrogen-bond acceptors (Lipinski definition) is 2. The molecule has 70 valence electrons. The van der Waals surface area contributed by atoms with E-state index in [0.29, 0.717) is 17.6 Å². The summed E-state index contributed by atoms with van der Waals surface area (Å²) in [6.07, 6.45) is 3.42. The number of rotatable bonds is 3. The lowest BCUT2D eigenvalue weighted by molar-refractivity contribution is 0.143. The van der Waals surface area contributed by atoms with Crippen LogP contribution in [-0.2, 0) is 4.74 Å². The van der Waals surface area contributed by atoms with Gasteiger partial charge >= 0.3 is 0 Å². The summed E-state index contributed by atoms with van der Waals surface area (Å²) in [5.41, 5.74) is 0. The molecule has 0 aromatic rings. The lowest BCUT2D eigenvalue weighted by Crippen LogP contribution is -2.30. The SMILES string of the molecule is C=C(Cl)CNC1CCCOCC1. The van der Waals surface area contributed by atoms with Crippen molar-refractivity contribution in [2.24, 2.45) is 0 Å². The molecule has 1 N–H and O–H groups in total. The molecule has 0 amide bonds. The van der Waals surface area contributed by atoms with E-state index < -0.39 is 0 Å². The molecule has 1 aliphatic rings. The molecule has 1 rings (SSSR count). The Morgan fingerprint density at radius 1 is 1.50 bits per heavy atom. The molecule has 2 nitrogen and oxygen atoms in total. The molecule has 0 aromatic heterocycles. The van der Waals surface area contributed by atoms with Gasteiger partial charge in [0.15, 0.2) is 0 Å². The molecule has 1 fully saturated rings. The molecule has 3 heteroatoms. The van der Waals surface area contributed by atoms with Gasteiger partial charge in [0.1, 0.15) is 0 Å². The van der Waals surface area contributed by atoms with Crippen LogP contribution in [0, 0.1) is 0 Å². The predicted octanol–water partition coefficient (Wildman–Crippen LogP) is 1.90. The van der Waals surface area contributed by atoms with Crippen LogP contribution in [0.15, 0.2) is 11.6 Å². The minimum atomic E-state index is 0.558. The predicted molar refractivity (Wildman–Crippen MR) is 51.5 cm³/mol. The van der Waals surface area contributed by atoms with E-state index in [1.807, 2.05) is 0 Å². The maximum Gasteiger partial charge on any atom is 0.0480 e. The van der Waals surface area contributed by atoms with Gasteiger partial charge in [-0.2, -0.15) is 0 Å². The Morgan fingerprint density at radius 3 is 3.08 bits per heavy atom. The zero-order valence-electron chi connectivity index (χ0n) is 7.31. The summed E-state index contributed by atoms with van der Waals surface area (Å²) in [6, 6.07) is 0.558. The maximum absolute atomic E-state index is 5.65. The van der Waals surface area contributed by atoms with Crippen molar-refractivity contribution in [1.29, 1.82) is 0 Å². The molecule has 1 unspecified atom stereocenters. The highest BCUT2D eigenvalue weighted by molar-refractivity contribution is 6.29. The van der Waals surface area contributed by atoms with E-state index >= 15 is 0 Å². The van der Waals surface area contributed by atoms with Crippen molar-refractivity contribution in [3.05, 3.63) is 11.6 Å². The van der Waals surface area contributed by atoms with Crippen molar-refractivity contribution in [2.75, 3.05) is 19.8 Å². The lowest BCUT2D eigenvalue weighted by Gasteiger charge is -2.14. The van der Waals surface area contributed by atoms with E-state index in [2.05, 4.69) is 11.9 Å². The Kier molecular flexibility index (Phi) is 4.66. The van der Waals surface area contributed by atoms with Gasteiger partial charge in [0.2, 0.25) is 0 Å². The molecule has 1 saturated heterocycles. The average molecular weight is 190 g/mol. The summed E-state index contributed by atoms with van der Waals surface area (Å²) in [6.45, 7) is 6.12. The highest BCUT2D eigenvalue weighted by atomic mass is 35.5. The molecule has 0 spiro atoms. The molecule has 1 heterocycles. The summed E-state index contributed by atoms with van der Waals surface area (Å²) < 4.78 is 5.34. The van der Waals surface area contributed by atoms with E-state index in [9.17, 15) is 0 Å². The molecule has 12 heavy (non-hydrogen) atoms. The fourth-order valence-corrected chi connectivity index (χ4v) is 1.44. The number of halogens is 1. The fourth-order valence-electron chi connectivity index (χ4n) is 1.36. The Morgan fingerprint density at radius 2 is 2.33 bits per heavy atom. The topological polar surface area (TPSA) is 21.3 Å². The summed E-state index contributed by atoms with van der Waals surface area (Å²) in [7, 11) is 0. The molecule has 0 radical (unpaired) electrons. The van der Waals surface area contributed by atoms with E-state index in [4.69, 9.17) is 16.3 Å². The summed E-state index contributed by atoms with van der Waals surface area (Å²) in [5, 5.41) is 4.03. The van der Waals surface area contributed by atoms with Crippen LogP contribution >= 0.6 is 11.6 Å². The van der Waals surface area contributed by atoms with Gasteiger partial charge in [-0.25, -0.2) is 0 Å². The van der Waals surface area contributed by atoms with Crippen molar-refractivity contribution >= 4 is 11.6 Å². The molecule has 0 aliphatic carbocycles. The van der Waals surface area contributed by atoms with Gasteiger partial charge in [-0.05, 0) is 19.3 Å². The van der Waals surface area contributed by atoms with E-state index in [1.165, 1.54) is 6.42 Å². The van der Waals surface area contributed by atoms with Gasteiger partial charge in [0, 0.05) is 30.8 Å². The van der Waals surface area contributed by atoms with Crippen LogP contribution in [0.2, 0.25) is 0 Å². The monoisotopic (exact) mass is 189 g/mol. The molecular formula is C9H16ClNO. The second kappa shape index (κ2) is 5.57. The summed E-state index contributed by atoms with van der Waals surface area (Å²) in [4.78, 5) is 0. The van der Waals surface area contributed by atoms with E-state index in [-0.39, 0.29) is 0 Å². The zero-order chi connectivity index (χ0) is 8.81. The lowest BCUT2D eigenvalue weighted by atomic mass is 10.1. The molecular weight excluding hydrogens is 174 g/mol. The first-order valence-electron chi connectivity index (χ1n) is 4.43. The average Bonchev–Trinajstić information content (AvgIpc) is 2.28. The Labute approximate surface area is 78.9 Å². The number of ether oxygens (including phenoxy) is 1. The normalized spacial score (nSPS) is 24.9. The summed E-state index contributed by atoms with van der Waals surface area (Å²) >= 11 is 5.65. The quantitative estimate of drug-likeness (QED) is 0.733. The zero-order valence-corrected chi connectivity index (χ0v) is 8.07. The second-order valence-corrected chi connectivity index (χ2v) is 3.67. The first-order valence-corrected chi connectivity index (χ1v) is 4.81. The van der Waals surface area contributed by atoms with Gasteiger partial charge in [-0.1, -0.05) is 18.2 Å². The first-order chi connectivity index (χ1) is 5.79. The minimum absolute atomic E-state index is 0.558. The van der Waals surface area contributed by atoms with Gasteiger partial charge in [0.05, 0.1) is 0 Å². The maximum atomic E-state index is 5.65. The van der Waals surface area contributed by atoms with Crippen molar-refractivity contribution in [2.45, 2.75) is 25.3 Å². The molecule has 0 bridgehead atoms. The van der Waals surface area contributed by atoms with Crippen LogP contribution in [0.25, 0.3) is 0 Å². The van der Waals surface area contributed by atoms with Crippen molar-refractivity contribution in [3.8, 4) is 0 Å². The Balaban J connectivity index is 2.16. The van der Waals surface area contributed by atoms with Gasteiger partial charge < -0.3 is 10.1 Å². The third-order valence-corrected chi connectivity index (χ3v) is 2.17. The van der Waals surface area contributed by atoms with E-state index in [0.717, 1.165) is 26.1 Å². The van der Waals surface area contributed by atoms with Gasteiger partial charge in [0.25, 0.3) is 0 Å². The first kappa shape index (κ1) is 10.0. The van der Waals surface area contributed by atoms with Gasteiger partial charge in [-0.15, -0.1) is 0 Å². The van der Waals surface area contributed by atoms with Crippen LogP contribution in [-0.4, -0.2) is 25.8 Å². The highest BCUT2D eigenvalue weighted by Crippen LogP contribution is 2.08. The Bertz CT molecular complexity index is 141. The van der Waals surface area contributed by atoms with Crippen LogP contribution in [0.4, 0.5) is 0 Å². The van der Waals surface area contributed by atoms with Crippen molar-refractivity contribution in [3.63, 3.8) is 0 Å². The highest BCUT2D eigenvalue weighted by Gasteiger charge is 2.10. The van der Waals surface area contributed by atoms with Crippen LogP contribution in [0.5, 0.6) is 0 Å². The minimum Gasteiger partial charge on any atom is -0.381 e. The standard InChI is InChI=1S/C9H16ClNO/c1-8(10)7-11-9-3-2-5-12-6-4-9/h9,11H,1-7H2. The van der Waals surface area contributed by atoms with Crippen LogP contribution in [0.1, 0.15) is 19.3 Å². The van der Waals surface area contributed by atoms with Crippen molar-refractivity contribution < 1.29 is 4.74 Å². The molecule has 1 aliphatic heterocycles. The van der Waals surface area contributed by atoms with Crippen LogP contribution in [0.3, 0.4) is 0 Å². The number of hydrogen-bond donors (Lipinski definition) is 1. The third-order valence-electron chi connectivity index (χ3n) is 2.03. The third kappa shape index (κ3) is 4.10. The molecule has 1 atom stereocenters. The second-order valence-electron chi connectivity index (χ2n) is 3.14. The van der Waals surface area contributed by atoms with Crippen LogP contribution < -0.4 is 5.32 Å². The fraction of sp³-hybridized carbons (Fsp3) is 0.778. The molecule has 0 saturated carbocycles. The van der Waals surface area contributed by atoms with Crippen molar-refractivity contribution in [1.82, 2.24) is 5.32 Å². The summed E-state index contributed by atoms with van der Waals surface area (Å²) in [5.74, 6) is 0. The number of nitrogens with one attached hydrogen (secondary N) is 1. The largest absolute Gasteiger partial charge is 0.381 e.